The SMILES string of the molecule is CC(C)CC=C[C@@H](C)[C@H]1CC[C@@H]2C3=CC(=O)C4=CC(=O)CC[C@]4(C)[C@@H]3CC[C@@]21C. The number of hydrogen-bond donors (Lipinski definition) is 0. The minimum atomic E-state index is -0.128. The van der Waals surface area contributed by atoms with Gasteiger partial charge >= 0.3 is 0 Å². The highest BCUT2D eigenvalue weighted by molar-refractivity contribution is 6.11. The maximum Gasteiger partial charge on any atom is 0.182 e. The highest BCUT2D eigenvalue weighted by Gasteiger charge is 2.58. The van der Waals surface area contributed by atoms with Crippen LogP contribution in [0.25, 0.3) is 0 Å². The second kappa shape index (κ2) is 7.36. The monoisotopic (exact) mass is 394 g/mol. The molecule has 2 saturated carbocycles. The molecule has 29 heavy (non-hydrogen) atoms. The van der Waals surface area contributed by atoms with Gasteiger partial charge in [-0.25, -0.2) is 0 Å². The lowest BCUT2D eigenvalue weighted by atomic mass is 9.49. The summed E-state index contributed by atoms with van der Waals surface area (Å²) in [4.78, 5) is 25.0. The van der Waals surface area contributed by atoms with Gasteiger partial charge in [-0.05, 0) is 85.7 Å². The molecule has 0 aromatic rings. The summed E-state index contributed by atoms with van der Waals surface area (Å²) in [5.74, 6) is 3.24. The fourth-order valence-electron chi connectivity index (χ4n) is 7.35. The third-order valence-corrected chi connectivity index (χ3v) is 9.01. The Morgan fingerprint density at radius 3 is 2.52 bits per heavy atom. The zero-order valence-electron chi connectivity index (χ0n) is 19.0. The minimum Gasteiger partial charge on any atom is -0.295 e. The second-order valence-corrected chi connectivity index (χ2v) is 11.2. The van der Waals surface area contributed by atoms with E-state index in [0.717, 1.165) is 24.8 Å². The van der Waals surface area contributed by atoms with E-state index in [9.17, 15) is 9.59 Å². The van der Waals surface area contributed by atoms with Crippen molar-refractivity contribution in [1.82, 2.24) is 0 Å². The summed E-state index contributed by atoms with van der Waals surface area (Å²) >= 11 is 0. The molecule has 0 aliphatic heterocycles. The molecular weight excluding hydrogens is 356 g/mol. The largest absolute Gasteiger partial charge is 0.295 e. The van der Waals surface area contributed by atoms with Gasteiger partial charge in [-0.3, -0.25) is 9.59 Å². The van der Waals surface area contributed by atoms with Crippen LogP contribution >= 0.6 is 0 Å². The van der Waals surface area contributed by atoms with Crippen molar-refractivity contribution in [2.24, 2.45) is 40.4 Å². The highest BCUT2D eigenvalue weighted by Crippen LogP contribution is 2.65. The molecule has 0 N–H and O–H groups in total. The molecule has 0 bridgehead atoms. The van der Waals surface area contributed by atoms with Crippen LogP contribution in [-0.4, -0.2) is 11.6 Å². The molecule has 0 aromatic heterocycles. The van der Waals surface area contributed by atoms with Crippen molar-refractivity contribution in [3.8, 4) is 0 Å². The molecule has 4 aliphatic rings. The van der Waals surface area contributed by atoms with E-state index in [-0.39, 0.29) is 17.0 Å². The Morgan fingerprint density at radius 1 is 1.03 bits per heavy atom. The van der Waals surface area contributed by atoms with Crippen molar-refractivity contribution >= 4 is 11.6 Å². The smallest absolute Gasteiger partial charge is 0.182 e. The van der Waals surface area contributed by atoms with Gasteiger partial charge in [-0.2, -0.15) is 0 Å². The molecule has 4 rings (SSSR count). The Morgan fingerprint density at radius 2 is 1.79 bits per heavy atom. The van der Waals surface area contributed by atoms with E-state index in [0.29, 0.717) is 41.4 Å². The van der Waals surface area contributed by atoms with E-state index in [4.69, 9.17) is 0 Å². The van der Waals surface area contributed by atoms with E-state index in [1.807, 2.05) is 6.08 Å². The Balaban J connectivity index is 1.62. The Kier molecular flexibility index (Phi) is 5.28. The lowest BCUT2D eigenvalue weighted by Crippen LogP contribution is -2.48. The summed E-state index contributed by atoms with van der Waals surface area (Å²) in [6, 6.07) is 0. The molecular formula is C27H38O2. The van der Waals surface area contributed by atoms with Gasteiger partial charge in [0, 0.05) is 17.4 Å². The molecule has 2 fully saturated rings. The minimum absolute atomic E-state index is 0.115. The number of carbonyl (C=O) groups excluding carboxylic acids is 2. The zero-order valence-corrected chi connectivity index (χ0v) is 19.0. The molecule has 0 unspecified atom stereocenters. The summed E-state index contributed by atoms with van der Waals surface area (Å²) < 4.78 is 0. The Bertz CT molecular complexity index is 797. The van der Waals surface area contributed by atoms with Crippen molar-refractivity contribution in [3.63, 3.8) is 0 Å². The quantitative estimate of drug-likeness (QED) is 0.512. The van der Waals surface area contributed by atoms with Gasteiger partial charge in [0.05, 0.1) is 0 Å². The zero-order chi connectivity index (χ0) is 21.0. The highest BCUT2D eigenvalue weighted by atomic mass is 16.1. The van der Waals surface area contributed by atoms with E-state index in [1.165, 1.54) is 24.8 Å². The predicted octanol–water partition coefficient (Wildman–Crippen LogP) is 6.47. The maximum atomic E-state index is 13.0. The number of allylic oxidation sites excluding steroid dienone is 6. The first-order chi connectivity index (χ1) is 13.7. The van der Waals surface area contributed by atoms with E-state index in [1.54, 1.807) is 6.08 Å². The molecule has 4 aliphatic carbocycles. The molecule has 6 atom stereocenters. The van der Waals surface area contributed by atoms with Gasteiger partial charge in [0.1, 0.15) is 0 Å². The number of carbonyl (C=O) groups is 2. The summed E-state index contributed by atoms with van der Waals surface area (Å²) in [5, 5.41) is 0. The van der Waals surface area contributed by atoms with Gasteiger partial charge < -0.3 is 0 Å². The van der Waals surface area contributed by atoms with Crippen LogP contribution in [0.15, 0.2) is 35.5 Å². The third kappa shape index (κ3) is 3.31. The summed E-state index contributed by atoms with van der Waals surface area (Å²) in [5.41, 5.74) is 2.40. The molecule has 0 heterocycles. The van der Waals surface area contributed by atoms with Crippen molar-refractivity contribution < 1.29 is 9.59 Å². The Labute approximate surface area is 176 Å². The van der Waals surface area contributed by atoms with Gasteiger partial charge in [-0.15, -0.1) is 0 Å². The van der Waals surface area contributed by atoms with Gasteiger partial charge in [-0.1, -0.05) is 52.3 Å². The summed E-state index contributed by atoms with van der Waals surface area (Å²) in [6.07, 6.45) is 16.0. The van der Waals surface area contributed by atoms with Crippen LogP contribution in [0.3, 0.4) is 0 Å². The molecule has 2 nitrogen and oxygen atoms in total. The van der Waals surface area contributed by atoms with Crippen LogP contribution < -0.4 is 0 Å². The average Bonchev–Trinajstić information content (AvgIpc) is 3.00. The fourth-order valence-corrected chi connectivity index (χ4v) is 7.35. The van der Waals surface area contributed by atoms with Crippen LogP contribution in [0.4, 0.5) is 0 Å². The topological polar surface area (TPSA) is 34.1 Å². The van der Waals surface area contributed by atoms with Crippen molar-refractivity contribution in [2.75, 3.05) is 0 Å². The third-order valence-electron chi connectivity index (χ3n) is 9.01. The van der Waals surface area contributed by atoms with E-state index >= 15 is 0 Å². The lowest BCUT2D eigenvalue weighted by molar-refractivity contribution is -0.119. The number of ketones is 2. The molecule has 0 saturated heterocycles. The van der Waals surface area contributed by atoms with Crippen LogP contribution in [0.1, 0.15) is 79.6 Å². The first-order valence-electron chi connectivity index (χ1n) is 11.8. The summed E-state index contributed by atoms with van der Waals surface area (Å²) in [6.45, 7) is 11.7. The number of hydrogen-bond acceptors (Lipinski definition) is 2. The molecule has 2 heteroatoms. The van der Waals surface area contributed by atoms with Crippen molar-refractivity contribution in [2.45, 2.75) is 79.6 Å². The number of fused-ring (bicyclic) bond motifs is 5. The van der Waals surface area contributed by atoms with Crippen LogP contribution in [0, 0.1) is 40.4 Å². The van der Waals surface area contributed by atoms with Crippen molar-refractivity contribution in [3.05, 3.63) is 35.5 Å². The Hall–Kier alpha value is -1.44. The van der Waals surface area contributed by atoms with Gasteiger partial charge in [0.15, 0.2) is 11.6 Å². The normalized spacial score (nSPS) is 40.4. The predicted molar refractivity (Wildman–Crippen MR) is 118 cm³/mol. The van der Waals surface area contributed by atoms with Gasteiger partial charge in [0.2, 0.25) is 0 Å². The summed E-state index contributed by atoms with van der Waals surface area (Å²) in [7, 11) is 0. The average molecular weight is 395 g/mol. The first kappa shape index (κ1) is 20.8. The molecule has 158 valence electrons. The van der Waals surface area contributed by atoms with E-state index in [2.05, 4.69) is 46.8 Å². The number of rotatable bonds is 4. The van der Waals surface area contributed by atoms with Crippen molar-refractivity contribution in [1.29, 1.82) is 0 Å². The molecule has 0 aromatic carbocycles. The molecule has 0 radical (unpaired) electrons. The lowest BCUT2D eigenvalue weighted by Gasteiger charge is -2.54. The van der Waals surface area contributed by atoms with Crippen LogP contribution in [-0.2, 0) is 9.59 Å². The van der Waals surface area contributed by atoms with Crippen LogP contribution in [0.2, 0.25) is 0 Å². The van der Waals surface area contributed by atoms with Gasteiger partial charge in [0.25, 0.3) is 0 Å². The first-order valence-corrected chi connectivity index (χ1v) is 11.8. The molecule has 0 amide bonds. The standard InChI is InChI=1S/C27H38O2/c1-17(2)7-6-8-18(3)21-9-10-22-20-16-25(29)24-15-19(28)11-13-27(24,5)23(20)12-14-26(21,22)4/h6,8,15-18,21-23H,7,9-14H2,1-5H3/t18-,21-,22-,23-,26-,27-/m1/s1. The molecule has 0 spiro atoms. The maximum absolute atomic E-state index is 13.0. The second-order valence-electron chi connectivity index (χ2n) is 11.2. The fraction of sp³-hybridized carbons (Fsp3) is 0.704. The van der Waals surface area contributed by atoms with Crippen LogP contribution in [0.5, 0.6) is 0 Å². The van der Waals surface area contributed by atoms with E-state index < -0.39 is 0 Å².